The molecule has 3 rings (SSSR count). The standard InChI is InChI=1S/C18H15FN2O2/c19-17-4-2-1-3-15(17)12-23-16-10-21(11-16)18(22)14-7-5-13(9-20)6-8-14/h1-8,16H,10-12H2. The van der Waals surface area contributed by atoms with E-state index in [1.165, 1.54) is 6.07 Å². The van der Waals surface area contributed by atoms with Gasteiger partial charge in [0.15, 0.2) is 0 Å². The number of nitrogens with zero attached hydrogens (tertiary/aromatic N) is 2. The third-order valence-corrected chi connectivity index (χ3v) is 3.83. The summed E-state index contributed by atoms with van der Waals surface area (Å²) in [5.74, 6) is -0.363. The Morgan fingerprint density at radius 1 is 1.22 bits per heavy atom. The lowest BCUT2D eigenvalue weighted by Gasteiger charge is -2.39. The summed E-state index contributed by atoms with van der Waals surface area (Å²) in [4.78, 5) is 13.9. The van der Waals surface area contributed by atoms with Gasteiger partial charge in [-0.05, 0) is 30.3 Å². The van der Waals surface area contributed by atoms with Crippen LogP contribution in [0.3, 0.4) is 0 Å². The second-order valence-electron chi connectivity index (χ2n) is 5.42. The van der Waals surface area contributed by atoms with Gasteiger partial charge in [-0.3, -0.25) is 4.79 Å². The Balaban J connectivity index is 1.49. The Labute approximate surface area is 133 Å². The van der Waals surface area contributed by atoms with Gasteiger partial charge < -0.3 is 9.64 Å². The van der Waals surface area contributed by atoms with Gasteiger partial charge in [0.25, 0.3) is 5.91 Å². The highest BCUT2D eigenvalue weighted by molar-refractivity contribution is 5.94. The molecule has 116 valence electrons. The molecule has 2 aromatic rings. The number of nitriles is 1. The lowest BCUT2D eigenvalue weighted by Crippen LogP contribution is -2.54. The summed E-state index contributed by atoms with van der Waals surface area (Å²) in [6.07, 6.45) is -0.0723. The van der Waals surface area contributed by atoms with Gasteiger partial charge in [-0.2, -0.15) is 5.26 Å². The minimum Gasteiger partial charge on any atom is -0.370 e. The van der Waals surface area contributed by atoms with Crippen LogP contribution in [-0.4, -0.2) is 30.0 Å². The van der Waals surface area contributed by atoms with E-state index in [2.05, 4.69) is 0 Å². The van der Waals surface area contributed by atoms with Crippen LogP contribution in [-0.2, 0) is 11.3 Å². The third-order valence-electron chi connectivity index (χ3n) is 3.83. The predicted molar refractivity (Wildman–Crippen MR) is 82.0 cm³/mol. The summed E-state index contributed by atoms with van der Waals surface area (Å²) >= 11 is 0. The molecule has 0 aliphatic carbocycles. The summed E-state index contributed by atoms with van der Waals surface area (Å²) in [6, 6.07) is 15.1. The highest BCUT2D eigenvalue weighted by Crippen LogP contribution is 2.18. The maximum Gasteiger partial charge on any atom is 0.254 e. The number of carbonyl (C=O) groups is 1. The minimum atomic E-state index is -0.280. The average Bonchev–Trinajstić information content (AvgIpc) is 2.55. The Morgan fingerprint density at radius 2 is 1.91 bits per heavy atom. The van der Waals surface area contributed by atoms with Crippen molar-refractivity contribution in [3.05, 3.63) is 71.0 Å². The molecule has 0 N–H and O–H groups in total. The highest BCUT2D eigenvalue weighted by atomic mass is 19.1. The van der Waals surface area contributed by atoms with Gasteiger partial charge in [0.2, 0.25) is 0 Å². The fourth-order valence-corrected chi connectivity index (χ4v) is 2.40. The molecular formula is C18H15FN2O2. The Kier molecular flexibility index (Phi) is 4.35. The quantitative estimate of drug-likeness (QED) is 0.872. The normalized spacial score (nSPS) is 14.2. The summed E-state index contributed by atoms with van der Waals surface area (Å²) < 4.78 is 19.1. The van der Waals surface area contributed by atoms with E-state index in [1.807, 2.05) is 6.07 Å². The molecule has 0 unspecified atom stereocenters. The molecule has 1 aliphatic rings. The van der Waals surface area contributed by atoms with Crippen LogP contribution in [0, 0.1) is 17.1 Å². The lowest BCUT2D eigenvalue weighted by atomic mass is 10.1. The monoisotopic (exact) mass is 310 g/mol. The fraction of sp³-hybridized carbons (Fsp3) is 0.222. The first kappa shape index (κ1) is 15.2. The van der Waals surface area contributed by atoms with E-state index in [1.54, 1.807) is 47.4 Å². The van der Waals surface area contributed by atoms with E-state index >= 15 is 0 Å². The number of carbonyl (C=O) groups excluding carboxylic acids is 1. The van der Waals surface area contributed by atoms with Crippen LogP contribution in [0.4, 0.5) is 4.39 Å². The summed E-state index contributed by atoms with van der Waals surface area (Å²) in [5, 5.41) is 8.75. The molecule has 1 amide bonds. The van der Waals surface area contributed by atoms with Crippen molar-refractivity contribution in [1.29, 1.82) is 5.26 Å². The smallest absolute Gasteiger partial charge is 0.254 e. The van der Waals surface area contributed by atoms with Crippen LogP contribution in [0.15, 0.2) is 48.5 Å². The molecule has 1 fully saturated rings. The summed E-state index contributed by atoms with van der Waals surface area (Å²) in [5.41, 5.74) is 1.59. The molecule has 0 bridgehead atoms. The average molecular weight is 310 g/mol. The van der Waals surface area contributed by atoms with Gasteiger partial charge >= 0.3 is 0 Å². The zero-order valence-electron chi connectivity index (χ0n) is 12.4. The molecule has 1 heterocycles. The van der Waals surface area contributed by atoms with E-state index in [4.69, 9.17) is 10.00 Å². The van der Waals surface area contributed by atoms with Crippen LogP contribution >= 0.6 is 0 Å². The topological polar surface area (TPSA) is 53.3 Å². The summed E-state index contributed by atoms with van der Waals surface area (Å²) in [6.45, 7) is 1.19. The number of halogens is 1. The Hall–Kier alpha value is -2.71. The zero-order valence-corrected chi connectivity index (χ0v) is 12.4. The molecule has 1 aliphatic heterocycles. The van der Waals surface area contributed by atoms with Gasteiger partial charge in [0.1, 0.15) is 5.82 Å². The van der Waals surface area contributed by atoms with Crippen LogP contribution in [0.5, 0.6) is 0 Å². The largest absolute Gasteiger partial charge is 0.370 e. The SMILES string of the molecule is N#Cc1ccc(C(=O)N2CC(OCc3ccccc3F)C2)cc1. The Morgan fingerprint density at radius 3 is 2.57 bits per heavy atom. The second kappa shape index (κ2) is 6.59. The van der Waals surface area contributed by atoms with Gasteiger partial charge in [-0.15, -0.1) is 0 Å². The van der Waals surface area contributed by atoms with E-state index < -0.39 is 0 Å². The molecule has 0 radical (unpaired) electrons. The van der Waals surface area contributed by atoms with Crippen molar-refractivity contribution < 1.29 is 13.9 Å². The molecule has 5 heteroatoms. The van der Waals surface area contributed by atoms with Gasteiger partial charge in [-0.1, -0.05) is 18.2 Å². The minimum absolute atomic E-state index is 0.0723. The van der Waals surface area contributed by atoms with Crippen molar-refractivity contribution in [3.63, 3.8) is 0 Å². The number of hydrogen-bond acceptors (Lipinski definition) is 3. The molecule has 1 saturated heterocycles. The maximum absolute atomic E-state index is 13.5. The van der Waals surface area contributed by atoms with Crippen LogP contribution in [0.2, 0.25) is 0 Å². The van der Waals surface area contributed by atoms with E-state index in [9.17, 15) is 9.18 Å². The first-order valence-electron chi connectivity index (χ1n) is 7.32. The number of benzene rings is 2. The van der Waals surface area contributed by atoms with Crippen LogP contribution < -0.4 is 0 Å². The van der Waals surface area contributed by atoms with Crippen molar-refractivity contribution in [1.82, 2.24) is 4.90 Å². The van der Waals surface area contributed by atoms with Crippen LogP contribution in [0.25, 0.3) is 0 Å². The molecule has 2 aromatic carbocycles. The Bertz CT molecular complexity index is 746. The number of rotatable bonds is 4. The predicted octanol–water partition coefficient (Wildman–Crippen LogP) is 2.74. The first-order chi connectivity index (χ1) is 11.2. The number of amides is 1. The molecule has 4 nitrogen and oxygen atoms in total. The van der Waals surface area contributed by atoms with E-state index in [0.717, 1.165) is 0 Å². The second-order valence-corrected chi connectivity index (χ2v) is 5.42. The molecule has 0 aromatic heterocycles. The number of ether oxygens (including phenoxy) is 1. The van der Waals surface area contributed by atoms with Crippen molar-refractivity contribution in [2.75, 3.05) is 13.1 Å². The molecule has 0 saturated carbocycles. The van der Waals surface area contributed by atoms with Gasteiger partial charge in [0, 0.05) is 24.2 Å². The zero-order chi connectivity index (χ0) is 16.2. The highest BCUT2D eigenvalue weighted by Gasteiger charge is 2.31. The van der Waals surface area contributed by atoms with Crippen molar-refractivity contribution in [2.24, 2.45) is 0 Å². The third kappa shape index (κ3) is 3.38. The molecular weight excluding hydrogens is 295 g/mol. The van der Waals surface area contributed by atoms with Crippen LogP contribution in [0.1, 0.15) is 21.5 Å². The number of likely N-dealkylation sites (tertiary alicyclic amines) is 1. The lowest BCUT2D eigenvalue weighted by molar-refractivity contribution is -0.0509. The van der Waals surface area contributed by atoms with Crippen molar-refractivity contribution in [3.8, 4) is 6.07 Å². The molecule has 23 heavy (non-hydrogen) atoms. The van der Waals surface area contributed by atoms with Gasteiger partial charge in [0.05, 0.1) is 24.3 Å². The molecule has 0 spiro atoms. The van der Waals surface area contributed by atoms with Crippen molar-refractivity contribution >= 4 is 5.91 Å². The van der Waals surface area contributed by atoms with E-state index in [0.29, 0.717) is 29.8 Å². The molecule has 0 atom stereocenters. The van der Waals surface area contributed by atoms with Gasteiger partial charge in [-0.25, -0.2) is 4.39 Å². The van der Waals surface area contributed by atoms with Crippen molar-refractivity contribution in [2.45, 2.75) is 12.7 Å². The summed E-state index contributed by atoms with van der Waals surface area (Å²) in [7, 11) is 0. The first-order valence-corrected chi connectivity index (χ1v) is 7.32. The number of hydrogen-bond donors (Lipinski definition) is 0. The maximum atomic E-state index is 13.5. The fourth-order valence-electron chi connectivity index (χ4n) is 2.40. The van der Waals surface area contributed by atoms with E-state index in [-0.39, 0.29) is 24.4 Å².